The Balaban J connectivity index is 2.23. The van der Waals surface area contributed by atoms with Gasteiger partial charge in [-0.3, -0.25) is 0 Å². The molecular formula is C10H15N3O. The van der Waals surface area contributed by atoms with Gasteiger partial charge in [-0.2, -0.15) is 0 Å². The van der Waals surface area contributed by atoms with Gasteiger partial charge in [0.25, 0.3) is 0 Å². The molecular weight excluding hydrogens is 178 g/mol. The number of nitrogens with one attached hydrogen (secondary N) is 1. The minimum Gasteiger partial charge on any atom is -0.484 e. The third-order valence-corrected chi connectivity index (χ3v) is 2.37. The van der Waals surface area contributed by atoms with E-state index < -0.39 is 0 Å². The predicted molar refractivity (Wildman–Crippen MR) is 56.4 cm³/mol. The molecule has 1 aromatic heterocycles. The van der Waals surface area contributed by atoms with Crippen LogP contribution in [0.15, 0.2) is 12.1 Å². The van der Waals surface area contributed by atoms with E-state index in [4.69, 9.17) is 10.5 Å². The van der Waals surface area contributed by atoms with Gasteiger partial charge in [0.1, 0.15) is 11.9 Å². The number of pyridine rings is 1. The summed E-state index contributed by atoms with van der Waals surface area (Å²) in [6, 6.07) is 3.61. The molecule has 76 valence electrons. The van der Waals surface area contributed by atoms with Crippen molar-refractivity contribution in [2.75, 3.05) is 17.6 Å². The lowest BCUT2D eigenvalue weighted by molar-refractivity contribution is 0.155. The molecule has 1 atom stereocenters. The van der Waals surface area contributed by atoms with E-state index in [1.165, 1.54) is 0 Å². The summed E-state index contributed by atoms with van der Waals surface area (Å²) in [7, 11) is 0. The van der Waals surface area contributed by atoms with Crippen LogP contribution in [-0.4, -0.2) is 17.6 Å². The molecule has 1 unspecified atom stereocenters. The number of aromatic nitrogens is 1. The summed E-state index contributed by atoms with van der Waals surface area (Å²) in [6.07, 6.45) is 0.216. The second-order valence-corrected chi connectivity index (χ2v) is 3.86. The predicted octanol–water partition coefficient (Wildman–Crippen LogP) is 1.49. The molecule has 0 spiro atoms. The van der Waals surface area contributed by atoms with E-state index >= 15 is 0 Å². The number of anilines is 2. The van der Waals surface area contributed by atoms with Crippen LogP contribution >= 0.6 is 0 Å². The topological polar surface area (TPSA) is 60.2 Å². The highest BCUT2D eigenvalue weighted by Gasteiger charge is 2.22. The van der Waals surface area contributed by atoms with Gasteiger partial charge in [-0.1, -0.05) is 13.8 Å². The van der Waals surface area contributed by atoms with Crippen molar-refractivity contribution in [2.45, 2.75) is 20.0 Å². The molecule has 14 heavy (non-hydrogen) atoms. The van der Waals surface area contributed by atoms with Crippen LogP contribution < -0.4 is 15.8 Å². The van der Waals surface area contributed by atoms with Gasteiger partial charge in [-0.25, -0.2) is 4.98 Å². The highest BCUT2D eigenvalue weighted by atomic mass is 16.5. The number of hydrogen-bond acceptors (Lipinski definition) is 4. The summed E-state index contributed by atoms with van der Waals surface area (Å²) in [6.45, 7) is 5.07. The average molecular weight is 193 g/mol. The minimum absolute atomic E-state index is 0.216. The van der Waals surface area contributed by atoms with Gasteiger partial charge in [0.05, 0.1) is 6.54 Å². The Morgan fingerprint density at radius 3 is 3.07 bits per heavy atom. The first-order valence-electron chi connectivity index (χ1n) is 4.84. The number of nitrogens with zero attached hydrogens (tertiary/aromatic N) is 1. The highest BCUT2D eigenvalue weighted by Crippen LogP contribution is 2.29. The summed E-state index contributed by atoms with van der Waals surface area (Å²) < 4.78 is 5.77. The molecule has 0 aliphatic carbocycles. The molecule has 1 aliphatic heterocycles. The maximum Gasteiger partial charge on any atom is 0.171 e. The van der Waals surface area contributed by atoms with Gasteiger partial charge in [-0.05, 0) is 18.1 Å². The van der Waals surface area contributed by atoms with E-state index in [-0.39, 0.29) is 6.10 Å². The summed E-state index contributed by atoms with van der Waals surface area (Å²) >= 11 is 0. The van der Waals surface area contributed by atoms with Crippen LogP contribution in [0.4, 0.5) is 11.6 Å². The molecule has 0 bridgehead atoms. The first-order valence-corrected chi connectivity index (χ1v) is 4.84. The van der Waals surface area contributed by atoms with Crippen LogP contribution in [0, 0.1) is 5.92 Å². The van der Waals surface area contributed by atoms with Crippen LogP contribution in [0.25, 0.3) is 0 Å². The van der Waals surface area contributed by atoms with Crippen molar-refractivity contribution >= 4 is 11.6 Å². The van der Waals surface area contributed by atoms with Crippen molar-refractivity contribution in [1.82, 2.24) is 4.98 Å². The second-order valence-electron chi connectivity index (χ2n) is 3.86. The summed E-state index contributed by atoms with van der Waals surface area (Å²) in [5.74, 6) is 2.56. The van der Waals surface area contributed by atoms with Crippen LogP contribution in [-0.2, 0) is 0 Å². The first kappa shape index (κ1) is 9.12. The Morgan fingerprint density at radius 1 is 1.57 bits per heavy atom. The number of nitrogens with two attached hydrogens (primary N) is 1. The van der Waals surface area contributed by atoms with Crippen LogP contribution in [0.2, 0.25) is 0 Å². The van der Waals surface area contributed by atoms with Crippen molar-refractivity contribution in [3.63, 3.8) is 0 Å². The third kappa shape index (κ3) is 1.60. The van der Waals surface area contributed by atoms with Crippen LogP contribution in [0.1, 0.15) is 13.8 Å². The molecule has 0 saturated heterocycles. The fourth-order valence-electron chi connectivity index (χ4n) is 1.46. The van der Waals surface area contributed by atoms with Crippen LogP contribution in [0.5, 0.6) is 5.75 Å². The zero-order chi connectivity index (χ0) is 10.1. The number of nitrogen functional groups attached to an aromatic ring is 1. The Hall–Kier alpha value is -1.45. The van der Waals surface area contributed by atoms with Crippen molar-refractivity contribution < 1.29 is 4.74 Å². The highest BCUT2D eigenvalue weighted by molar-refractivity contribution is 5.55. The lowest BCUT2D eigenvalue weighted by atomic mass is 10.1. The second kappa shape index (κ2) is 3.36. The van der Waals surface area contributed by atoms with Crippen LogP contribution in [0.3, 0.4) is 0 Å². The zero-order valence-electron chi connectivity index (χ0n) is 8.45. The Labute approximate surface area is 83.5 Å². The number of rotatable bonds is 1. The average Bonchev–Trinajstić information content (AvgIpc) is 2.16. The number of ether oxygens (including phenoxy) is 1. The normalized spacial score (nSPS) is 19.8. The molecule has 4 heteroatoms. The van der Waals surface area contributed by atoms with Gasteiger partial charge in [0.2, 0.25) is 0 Å². The Kier molecular flexibility index (Phi) is 2.19. The molecule has 1 aliphatic rings. The fourth-order valence-corrected chi connectivity index (χ4v) is 1.46. The molecule has 0 radical (unpaired) electrons. The van der Waals surface area contributed by atoms with E-state index in [1.54, 1.807) is 6.07 Å². The summed E-state index contributed by atoms with van der Waals surface area (Å²) in [5.41, 5.74) is 5.57. The monoisotopic (exact) mass is 193 g/mol. The number of hydrogen-bond donors (Lipinski definition) is 2. The molecule has 1 aromatic rings. The number of fused-ring (bicyclic) bond motifs is 1. The smallest absolute Gasteiger partial charge is 0.171 e. The SMILES string of the molecule is CC(C)C1CNc2nc(N)ccc2O1. The van der Waals surface area contributed by atoms with E-state index in [2.05, 4.69) is 24.1 Å². The van der Waals surface area contributed by atoms with Gasteiger partial charge >= 0.3 is 0 Å². The molecule has 0 saturated carbocycles. The van der Waals surface area contributed by atoms with Gasteiger partial charge in [-0.15, -0.1) is 0 Å². The first-order chi connectivity index (χ1) is 6.66. The largest absolute Gasteiger partial charge is 0.484 e. The quantitative estimate of drug-likeness (QED) is 0.709. The molecule has 0 amide bonds. The molecule has 0 fully saturated rings. The fraction of sp³-hybridized carbons (Fsp3) is 0.500. The summed E-state index contributed by atoms with van der Waals surface area (Å²) in [4.78, 5) is 4.15. The minimum atomic E-state index is 0.216. The lowest BCUT2D eigenvalue weighted by Gasteiger charge is -2.29. The Morgan fingerprint density at radius 2 is 2.36 bits per heavy atom. The van der Waals surface area contributed by atoms with E-state index in [0.717, 1.165) is 18.1 Å². The molecule has 2 heterocycles. The van der Waals surface area contributed by atoms with E-state index in [9.17, 15) is 0 Å². The van der Waals surface area contributed by atoms with Crippen molar-refractivity contribution in [3.8, 4) is 5.75 Å². The maximum atomic E-state index is 5.77. The molecule has 2 rings (SSSR count). The van der Waals surface area contributed by atoms with E-state index in [0.29, 0.717) is 11.7 Å². The lowest BCUT2D eigenvalue weighted by Crippen LogP contribution is -2.35. The summed E-state index contributed by atoms with van der Waals surface area (Å²) in [5, 5.41) is 3.22. The molecule has 3 N–H and O–H groups in total. The zero-order valence-corrected chi connectivity index (χ0v) is 8.45. The third-order valence-electron chi connectivity index (χ3n) is 2.37. The van der Waals surface area contributed by atoms with Crippen molar-refractivity contribution in [2.24, 2.45) is 5.92 Å². The molecule has 0 aromatic carbocycles. The standard InChI is InChI=1S/C10H15N3O/c1-6(2)8-5-12-10-7(14-8)3-4-9(11)13-10/h3-4,6,8H,5H2,1-2H3,(H3,11,12,13). The van der Waals surface area contributed by atoms with Gasteiger partial charge in [0.15, 0.2) is 11.6 Å². The molecule has 4 nitrogen and oxygen atoms in total. The maximum absolute atomic E-state index is 5.77. The van der Waals surface area contributed by atoms with E-state index in [1.807, 2.05) is 6.07 Å². The Bertz CT molecular complexity index is 338. The van der Waals surface area contributed by atoms with Gasteiger partial charge < -0.3 is 15.8 Å². The van der Waals surface area contributed by atoms with Gasteiger partial charge in [0, 0.05) is 0 Å². The van der Waals surface area contributed by atoms with Crippen molar-refractivity contribution in [3.05, 3.63) is 12.1 Å². The van der Waals surface area contributed by atoms with Crippen molar-refractivity contribution in [1.29, 1.82) is 0 Å².